The summed E-state index contributed by atoms with van der Waals surface area (Å²) in [4.78, 5) is 18.5. The molecule has 6 nitrogen and oxygen atoms in total. The van der Waals surface area contributed by atoms with E-state index in [1.807, 2.05) is 31.2 Å². The molecule has 7 heteroatoms. The molecule has 0 fully saturated rings. The summed E-state index contributed by atoms with van der Waals surface area (Å²) in [5.74, 6) is 1.48. The van der Waals surface area contributed by atoms with Crippen LogP contribution in [0.25, 0.3) is 0 Å². The van der Waals surface area contributed by atoms with Gasteiger partial charge in [-0.15, -0.1) is 12.4 Å². The van der Waals surface area contributed by atoms with Crippen LogP contribution in [0.2, 0.25) is 0 Å². The molecular weight excluding hydrogens is 342 g/mol. The number of likely N-dealkylation sites (N-methyl/N-ethyl adjacent to an activating group) is 1. The van der Waals surface area contributed by atoms with Gasteiger partial charge in [-0.1, -0.05) is 12.1 Å². The summed E-state index contributed by atoms with van der Waals surface area (Å²) in [6.45, 7) is 3.47. The number of aromatic nitrogens is 1. The molecule has 2 heterocycles. The maximum absolute atomic E-state index is 12.5. The van der Waals surface area contributed by atoms with Crippen LogP contribution in [0.5, 0.6) is 11.5 Å². The Labute approximate surface area is 153 Å². The number of carbonyl (C=O) groups excluding carboxylic acids is 1. The Balaban J connectivity index is 0.00000225. The van der Waals surface area contributed by atoms with Gasteiger partial charge in [0, 0.05) is 12.2 Å². The second-order valence-electron chi connectivity index (χ2n) is 5.69. The van der Waals surface area contributed by atoms with E-state index in [0.717, 1.165) is 11.5 Å². The van der Waals surface area contributed by atoms with Crippen LogP contribution in [0.15, 0.2) is 42.6 Å². The van der Waals surface area contributed by atoms with Crippen molar-refractivity contribution in [2.24, 2.45) is 0 Å². The van der Waals surface area contributed by atoms with Gasteiger partial charge in [0.15, 0.2) is 17.6 Å². The van der Waals surface area contributed by atoms with Gasteiger partial charge in [-0.25, -0.2) is 0 Å². The first kappa shape index (κ1) is 18.9. The number of pyridine rings is 1. The molecule has 3 rings (SSSR count). The number of rotatable bonds is 5. The van der Waals surface area contributed by atoms with Crippen LogP contribution in [0, 0.1) is 0 Å². The van der Waals surface area contributed by atoms with Crippen molar-refractivity contribution in [3.63, 3.8) is 0 Å². The quantitative estimate of drug-likeness (QED) is 0.882. The molecule has 1 amide bonds. The highest BCUT2D eigenvalue weighted by Gasteiger charge is 2.24. The Hall–Kier alpha value is -2.47. The second kappa shape index (κ2) is 8.58. The highest BCUT2D eigenvalue weighted by Crippen LogP contribution is 2.31. The number of fused-ring (bicyclic) bond motifs is 1. The Kier molecular flexibility index (Phi) is 6.47. The molecule has 0 saturated carbocycles. The zero-order valence-corrected chi connectivity index (χ0v) is 14.9. The molecule has 134 valence electrons. The van der Waals surface area contributed by atoms with Crippen molar-refractivity contribution >= 4 is 24.0 Å². The van der Waals surface area contributed by atoms with Crippen molar-refractivity contribution in [3.8, 4) is 11.5 Å². The van der Waals surface area contributed by atoms with Crippen LogP contribution in [-0.2, 0) is 11.2 Å². The van der Waals surface area contributed by atoms with E-state index >= 15 is 0 Å². The number of carbonyl (C=O) groups is 1. The van der Waals surface area contributed by atoms with Gasteiger partial charge >= 0.3 is 0 Å². The van der Waals surface area contributed by atoms with Crippen molar-refractivity contribution < 1.29 is 14.3 Å². The summed E-state index contributed by atoms with van der Waals surface area (Å²) in [6, 6.07) is 11.1. The number of ether oxygens (including phenoxy) is 2. The number of nitrogen functional groups attached to an aromatic ring is 1. The minimum Gasteiger partial charge on any atom is -0.486 e. The average molecular weight is 364 g/mol. The Morgan fingerprint density at radius 3 is 2.72 bits per heavy atom. The van der Waals surface area contributed by atoms with E-state index in [1.165, 1.54) is 0 Å². The molecule has 0 radical (unpaired) electrons. The Morgan fingerprint density at radius 2 is 2.04 bits per heavy atom. The summed E-state index contributed by atoms with van der Waals surface area (Å²) in [5, 5.41) is 0. The third-order valence-electron chi connectivity index (χ3n) is 3.91. The van der Waals surface area contributed by atoms with Crippen LogP contribution < -0.4 is 15.2 Å². The second-order valence-corrected chi connectivity index (χ2v) is 5.69. The highest BCUT2D eigenvalue weighted by atomic mass is 35.5. The third-order valence-corrected chi connectivity index (χ3v) is 3.91. The normalized spacial score (nSPS) is 15.2. The molecule has 1 aromatic carbocycles. The number of amides is 1. The fraction of sp³-hybridized carbons (Fsp3) is 0.333. The van der Waals surface area contributed by atoms with E-state index in [1.54, 1.807) is 23.2 Å². The average Bonchev–Trinajstić information content (AvgIpc) is 2.61. The van der Waals surface area contributed by atoms with Gasteiger partial charge in [0.25, 0.3) is 0 Å². The lowest BCUT2D eigenvalue weighted by molar-refractivity contribution is -0.131. The predicted octanol–water partition coefficient (Wildman–Crippen LogP) is 2.32. The number of para-hydroxylation sites is 2. The molecule has 1 aromatic heterocycles. The van der Waals surface area contributed by atoms with Crippen LogP contribution in [0.1, 0.15) is 12.6 Å². The van der Waals surface area contributed by atoms with Gasteiger partial charge in [-0.3, -0.25) is 9.78 Å². The van der Waals surface area contributed by atoms with Gasteiger partial charge < -0.3 is 20.1 Å². The van der Waals surface area contributed by atoms with Gasteiger partial charge in [-0.2, -0.15) is 0 Å². The summed E-state index contributed by atoms with van der Waals surface area (Å²) < 4.78 is 11.6. The predicted molar refractivity (Wildman–Crippen MR) is 98.2 cm³/mol. The number of hydrogen-bond donors (Lipinski definition) is 1. The monoisotopic (exact) mass is 363 g/mol. The van der Waals surface area contributed by atoms with Gasteiger partial charge in [0.1, 0.15) is 6.61 Å². The molecule has 0 aliphatic carbocycles. The van der Waals surface area contributed by atoms with E-state index in [-0.39, 0.29) is 30.8 Å². The van der Waals surface area contributed by atoms with Crippen molar-refractivity contribution in [1.82, 2.24) is 9.88 Å². The number of nitrogens with two attached hydrogens (primary N) is 1. The summed E-state index contributed by atoms with van der Waals surface area (Å²) in [6.07, 6.45) is 1.63. The maximum atomic E-state index is 12.5. The molecule has 2 aromatic rings. The van der Waals surface area contributed by atoms with Crippen molar-refractivity contribution in [1.29, 1.82) is 0 Å². The number of halogens is 1. The Morgan fingerprint density at radius 1 is 1.28 bits per heavy atom. The van der Waals surface area contributed by atoms with Gasteiger partial charge in [0.05, 0.1) is 24.8 Å². The molecule has 1 atom stereocenters. The van der Waals surface area contributed by atoms with Crippen molar-refractivity contribution in [2.75, 3.05) is 25.4 Å². The van der Waals surface area contributed by atoms with Crippen LogP contribution >= 0.6 is 12.4 Å². The van der Waals surface area contributed by atoms with E-state index in [2.05, 4.69) is 4.98 Å². The lowest BCUT2D eigenvalue weighted by atomic mass is 10.2. The molecule has 1 unspecified atom stereocenters. The van der Waals surface area contributed by atoms with E-state index in [9.17, 15) is 4.79 Å². The van der Waals surface area contributed by atoms with Crippen LogP contribution in [-0.4, -0.2) is 41.6 Å². The largest absolute Gasteiger partial charge is 0.486 e. The summed E-state index contributed by atoms with van der Waals surface area (Å²) >= 11 is 0. The SMILES string of the molecule is CCN(CC1COc2ccccc2O1)C(=O)Cc1ccc(N)cn1.Cl. The maximum Gasteiger partial charge on any atom is 0.228 e. The Bertz CT molecular complexity index is 709. The molecule has 25 heavy (non-hydrogen) atoms. The first-order chi connectivity index (χ1) is 11.7. The third kappa shape index (κ3) is 4.76. The molecule has 0 saturated heterocycles. The van der Waals surface area contributed by atoms with E-state index in [4.69, 9.17) is 15.2 Å². The highest BCUT2D eigenvalue weighted by molar-refractivity contribution is 5.85. The lowest BCUT2D eigenvalue weighted by Gasteiger charge is -2.31. The zero-order valence-electron chi connectivity index (χ0n) is 14.1. The topological polar surface area (TPSA) is 77.7 Å². The van der Waals surface area contributed by atoms with E-state index < -0.39 is 0 Å². The van der Waals surface area contributed by atoms with Gasteiger partial charge in [-0.05, 0) is 31.2 Å². The molecule has 2 N–H and O–H groups in total. The number of anilines is 1. The minimum absolute atomic E-state index is 0. The van der Waals surface area contributed by atoms with E-state index in [0.29, 0.717) is 31.1 Å². The summed E-state index contributed by atoms with van der Waals surface area (Å²) in [5.41, 5.74) is 6.91. The smallest absolute Gasteiger partial charge is 0.228 e. The molecule has 1 aliphatic heterocycles. The lowest BCUT2D eigenvalue weighted by Crippen LogP contribution is -2.44. The molecule has 1 aliphatic rings. The van der Waals surface area contributed by atoms with Gasteiger partial charge in [0.2, 0.25) is 5.91 Å². The molecular formula is C18H22ClN3O3. The standard InChI is InChI=1S/C18H21N3O3.ClH/c1-2-21(18(22)9-14-8-7-13(19)10-20-14)11-15-12-23-16-5-3-4-6-17(16)24-15;/h3-8,10,15H,2,9,11-12,19H2,1H3;1H. The minimum atomic E-state index is -0.178. The van der Waals surface area contributed by atoms with Crippen molar-refractivity contribution in [3.05, 3.63) is 48.3 Å². The zero-order chi connectivity index (χ0) is 16.9. The fourth-order valence-corrected chi connectivity index (χ4v) is 2.61. The van der Waals surface area contributed by atoms with Crippen LogP contribution in [0.3, 0.4) is 0 Å². The van der Waals surface area contributed by atoms with Crippen molar-refractivity contribution in [2.45, 2.75) is 19.4 Å². The first-order valence-electron chi connectivity index (χ1n) is 8.02. The number of nitrogens with zero attached hydrogens (tertiary/aromatic N) is 2. The number of benzene rings is 1. The number of hydrogen-bond acceptors (Lipinski definition) is 5. The molecule has 0 spiro atoms. The molecule has 0 bridgehead atoms. The summed E-state index contributed by atoms with van der Waals surface area (Å²) in [7, 11) is 0. The first-order valence-corrected chi connectivity index (χ1v) is 8.02. The fourth-order valence-electron chi connectivity index (χ4n) is 2.61. The van der Waals surface area contributed by atoms with Crippen LogP contribution in [0.4, 0.5) is 5.69 Å².